The number of imide groups is 1. The van der Waals surface area contributed by atoms with Crippen LogP contribution in [0.4, 0.5) is 0 Å². The van der Waals surface area contributed by atoms with E-state index >= 15 is 0 Å². The molecule has 1 aliphatic rings. The van der Waals surface area contributed by atoms with Crippen molar-refractivity contribution in [2.24, 2.45) is 0 Å². The van der Waals surface area contributed by atoms with Crippen LogP contribution in [-0.2, 0) is 20.9 Å². The lowest BCUT2D eigenvalue weighted by molar-refractivity contribution is -0.139. The normalized spacial score (nSPS) is 14.5. The largest absolute Gasteiger partial charge is 0.350 e. The lowest BCUT2D eigenvalue weighted by Crippen LogP contribution is -2.46. The van der Waals surface area contributed by atoms with Crippen LogP contribution in [0.1, 0.15) is 49.5 Å². The monoisotopic (exact) mass is 359 g/mol. The van der Waals surface area contributed by atoms with Crippen molar-refractivity contribution < 1.29 is 19.2 Å². The predicted octanol–water partition coefficient (Wildman–Crippen LogP) is 1.32. The van der Waals surface area contributed by atoms with E-state index in [9.17, 15) is 19.2 Å². The van der Waals surface area contributed by atoms with Crippen molar-refractivity contribution >= 4 is 23.6 Å². The summed E-state index contributed by atoms with van der Waals surface area (Å²) in [5, 5.41) is 2.81. The Morgan fingerprint density at radius 3 is 2.12 bits per heavy atom. The van der Waals surface area contributed by atoms with Gasteiger partial charge in [0.05, 0.1) is 13.1 Å². The molecule has 0 atom stereocenters. The number of likely N-dealkylation sites (tertiary alicyclic amines) is 1. The topological polar surface area (TPSA) is 86.8 Å². The minimum atomic E-state index is -0.354. The van der Waals surface area contributed by atoms with Crippen LogP contribution in [0.15, 0.2) is 24.3 Å². The van der Waals surface area contributed by atoms with Crippen molar-refractivity contribution in [3.8, 4) is 0 Å². The molecule has 1 saturated heterocycles. The number of nitrogens with one attached hydrogen (secondary N) is 1. The van der Waals surface area contributed by atoms with Crippen LogP contribution in [0.25, 0.3) is 0 Å². The number of carbonyl (C=O) groups excluding carboxylic acids is 4. The second kappa shape index (κ2) is 7.68. The summed E-state index contributed by atoms with van der Waals surface area (Å²) in [5.74, 6) is -0.829. The Morgan fingerprint density at radius 1 is 1.08 bits per heavy atom. The van der Waals surface area contributed by atoms with E-state index in [2.05, 4.69) is 5.32 Å². The van der Waals surface area contributed by atoms with Crippen LogP contribution < -0.4 is 5.32 Å². The van der Waals surface area contributed by atoms with E-state index in [0.29, 0.717) is 5.56 Å². The highest BCUT2D eigenvalue weighted by Crippen LogP contribution is 2.16. The molecule has 4 amide bonds. The van der Waals surface area contributed by atoms with E-state index in [1.54, 1.807) is 31.3 Å². The summed E-state index contributed by atoms with van der Waals surface area (Å²) >= 11 is 0. The molecule has 7 nitrogen and oxygen atoms in total. The number of likely N-dealkylation sites (N-methyl/N-ethyl adjacent to an activating group) is 1. The minimum Gasteiger partial charge on any atom is -0.350 e. The second-order valence-corrected chi connectivity index (χ2v) is 7.53. The van der Waals surface area contributed by atoms with Gasteiger partial charge in [-0.15, -0.1) is 0 Å². The van der Waals surface area contributed by atoms with Crippen LogP contribution in [-0.4, -0.2) is 52.6 Å². The van der Waals surface area contributed by atoms with Crippen molar-refractivity contribution in [2.45, 2.75) is 45.7 Å². The molecule has 140 valence electrons. The van der Waals surface area contributed by atoms with Gasteiger partial charge in [0.15, 0.2) is 0 Å². The van der Waals surface area contributed by atoms with E-state index in [4.69, 9.17) is 0 Å². The summed E-state index contributed by atoms with van der Waals surface area (Å²) in [7, 11) is 1.57. The molecule has 0 saturated carbocycles. The highest BCUT2D eigenvalue weighted by Gasteiger charge is 2.28. The average molecular weight is 359 g/mol. The molecule has 7 heteroatoms. The Labute approximate surface area is 153 Å². The van der Waals surface area contributed by atoms with Gasteiger partial charge in [-0.1, -0.05) is 12.1 Å². The van der Waals surface area contributed by atoms with Gasteiger partial charge in [0, 0.05) is 31.0 Å². The molecule has 0 spiro atoms. The predicted molar refractivity (Wildman–Crippen MR) is 96.1 cm³/mol. The molecule has 1 aromatic carbocycles. The first kappa shape index (κ1) is 19.6. The molecule has 0 bridgehead atoms. The molecule has 1 aliphatic heterocycles. The summed E-state index contributed by atoms with van der Waals surface area (Å²) in [6.07, 6.45) is 0.521. The van der Waals surface area contributed by atoms with Crippen LogP contribution in [0, 0.1) is 0 Å². The number of hydrogen-bond donors (Lipinski definition) is 1. The Morgan fingerprint density at radius 2 is 1.62 bits per heavy atom. The Kier molecular flexibility index (Phi) is 5.79. The van der Waals surface area contributed by atoms with Gasteiger partial charge in [-0.2, -0.15) is 0 Å². The number of amides is 4. The smallest absolute Gasteiger partial charge is 0.254 e. The highest BCUT2D eigenvalue weighted by molar-refractivity contribution is 6.01. The summed E-state index contributed by atoms with van der Waals surface area (Å²) < 4.78 is 0. The summed E-state index contributed by atoms with van der Waals surface area (Å²) in [4.78, 5) is 50.3. The highest BCUT2D eigenvalue weighted by atomic mass is 16.2. The summed E-state index contributed by atoms with van der Waals surface area (Å²) in [6, 6.07) is 6.71. The zero-order chi connectivity index (χ0) is 19.5. The lowest BCUT2D eigenvalue weighted by atomic mass is 10.1. The third-order valence-corrected chi connectivity index (χ3v) is 3.94. The number of carbonyl (C=O) groups is 4. The third kappa shape index (κ3) is 5.15. The van der Waals surface area contributed by atoms with Crippen molar-refractivity contribution in [1.29, 1.82) is 0 Å². The van der Waals surface area contributed by atoms with E-state index < -0.39 is 0 Å². The molecule has 0 unspecified atom stereocenters. The van der Waals surface area contributed by atoms with Gasteiger partial charge in [-0.25, -0.2) is 0 Å². The number of nitrogens with zero attached hydrogens (tertiary/aromatic N) is 2. The van der Waals surface area contributed by atoms with Crippen LogP contribution in [0.2, 0.25) is 0 Å². The molecule has 1 aromatic rings. The molecule has 2 rings (SSSR count). The van der Waals surface area contributed by atoms with Crippen molar-refractivity contribution in [2.75, 3.05) is 13.6 Å². The fraction of sp³-hybridized carbons (Fsp3) is 0.474. The lowest BCUT2D eigenvalue weighted by Gasteiger charge is -2.23. The molecule has 1 heterocycles. The summed E-state index contributed by atoms with van der Waals surface area (Å²) in [6.45, 7) is 5.81. The quantitative estimate of drug-likeness (QED) is 0.804. The van der Waals surface area contributed by atoms with Gasteiger partial charge in [0.25, 0.3) is 5.91 Å². The first-order valence-electron chi connectivity index (χ1n) is 8.55. The van der Waals surface area contributed by atoms with Gasteiger partial charge in [0.1, 0.15) is 0 Å². The van der Waals surface area contributed by atoms with E-state index in [1.807, 2.05) is 20.8 Å². The first-order chi connectivity index (χ1) is 12.1. The second-order valence-electron chi connectivity index (χ2n) is 7.53. The molecule has 26 heavy (non-hydrogen) atoms. The van der Waals surface area contributed by atoms with Crippen molar-refractivity contribution in [3.63, 3.8) is 0 Å². The minimum absolute atomic E-state index is 0.0331. The average Bonchev–Trinajstić information content (AvgIpc) is 2.85. The van der Waals surface area contributed by atoms with Gasteiger partial charge < -0.3 is 10.2 Å². The Hall–Kier alpha value is -2.70. The Balaban J connectivity index is 1.96. The first-order valence-corrected chi connectivity index (χ1v) is 8.55. The fourth-order valence-corrected chi connectivity index (χ4v) is 2.70. The fourth-order valence-electron chi connectivity index (χ4n) is 2.70. The van der Waals surface area contributed by atoms with Crippen molar-refractivity contribution in [3.05, 3.63) is 35.4 Å². The van der Waals surface area contributed by atoms with Gasteiger partial charge in [-0.05, 0) is 38.5 Å². The van der Waals surface area contributed by atoms with Gasteiger partial charge in [-0.3, -0.25) is 24.1 Å². The van der Waals surface area contributed by atoms with E-state index in [-0.39, 0.29) is 55.1 Å². The maximum atomic E-state index is 12.4. The van der Waals surface area contributed by atoms with Gasteiger partial charge in [0.2, 0.25) is 17.7 Å². The third-order valence-electron chi connectivity index (χ3n) is 3.94. The standard InChI is InChI=1S/C19H25N3O4/c1-19(2,3)20-15(23)12-21(4)18(26)14-7-5-13(6-8-14)11-22-16(24)9-10-17(22)25/h5-8H,9-12H2,1-4H3,(H,20,23). The van der Waals surface area contributed by atoms with E-state index in [0.717, 1.165) is 5.56 Å². The molecular formula is C19H25N3O4. The molecule has 0 aliphatic carbocycles. The number of hydrogen-bond acceptors (Lipinski definition) is 4. The van der Waals surface area contributed by atoms with Crippen LogP contribution in [0.5, 0.6) is 0 Å². The van der Waals surface area contributed by atoms with Gasteiger partial charge >= 0.3 is 0 Å². The molecule has 0 aromatic heterocycles. The van der Waals surface area contributed by atoms with E-state index in [1.165, 1.54) is 9.80 Å². The summed E-state index contributed by atoms with van der Waals surface area (Å²) in [5.41, 5.74) is 0.865. The van der Waals surface area contributed by atoms with Crippen LogP contribution >= 0.6 is 0 Å². The van der Waals surface area contributed by atoms with Crippen LogP contribution in [0.3, 0.4) is 0 Å². The maximum Gasteiger partial charge on any atom is 0.254 e. The zero-order valence-corrected chi connectivity index (χ0v) is 15.7. The number of benzene rings is 1. The number of rotatable bonds is 5. The molecule has 1 N–H and O–H groups in total. The molecule has 0 radical (unpaired) electrons. The molecular weight excluding hydrogens is 334 g/mol. The molecule has 1 fully saturated rings. The zero-order valence-electron chi connectivity index (χ0n) is 15.7. The maximum absolute atomic E-state index is 12.4. The van der Waals surface area contributed by atoms with Crippen molar-refractivity contribution in [1.82, 2.24) is 15.1 Å². The SMILES string of the molecule is CN(CC(=O)NC(C)(C)C)C(=O)c1ccc(CN2C(=O)CCC2=O)cc1. The Bertz CT molecular complexity index is 703.